The average Bonchev–Trinajstić information content (AvgIpc) is 2.29. The molecule has 0 aliphatic rings. The lowest BCUT2D eigenvalue weighted by Crippen LogP contribution is -2.26. The molecule has 82 valence electrons. The normalized spacial score (nSPS) is 10.0. The van der Waals surface area contributed by atoms with E-state index in [9.17, 15) is 4.79 Å². The summed E-state index contributed by atoms with van der Waals surface area (Å²) in [5.41, 5.74) is 1.78. The fourth-order valence-corrected chi connectivity index (χ4v) is 1.51. The summed E-state index contributed by atoms with van der Waals surface area (Å²) in [7, 11) is 1.61. The van der Waals surface area contributed by atoms with E-state index in [2.05, 4.69) is 21.2 Å². The summed E-state index contributed by atoms with van der Waals surface area (Å²) in [6, 6.07) is 7.52. The molecule has 1 N–H and O–H groups in total. The number of amides is 1. The quantitative estimate of drug-likeness (QED) is 0.657. The van der Waals surface area contributed by atoms with Gasteiger partial charge in [-0.2, -0.15) is 0 Å². The van der Waals surface area contributed by atoms with E-state index in [0.29, 0.717) is 18.7 Å². The van der Waals surface area contributed by atoms with Gasteiger partial charge in [0, 0.05) is 24.5 Å². The molecule has 1 aromatic rings. The van der Waals surface area contributed by atoms with Crippen LogP contribution in [0.25, 0.3) is 0 Å². The topological polar surface area (TPSA) is 38.3 Å². The number of benzene rings is 1. The van der Waals surface area contributed by atoms with Gasteiger partial charge in [-0.3, -0.25) is 4.79 Å². The molecule has 0 spiro atoms. The smallest absolute Gasteiger partial charge is 0.251 e. The van der Waals surface area contributed by atoms with E-state index >= 15 is 0 Å². The predicted octanol–water partition coefficient (Wildman–Crippen LogP) is 1.96. The Hall–Kier alpha value is -0.870. The maximum atomic E-state index is 11.6. The Bertz CT molecular complexity index is 328. The van der Waals surface area contributed by atoms with Crippen molar-refractivity contribution in [1.29, 1.82) is 0 Å². The molecule has 0 aliphatic carbocycles. The molecule has 0 aliphatic heterocycles. The first kappa shape index (κ1) is 12.2. The van der Waals surface area contributed by atoms with Gasteiger partial charge in [0.15, 0.2) is 0 Å². The Balaban J connectivity index is 2.57. The Labute approximate surface area is 97.9 Å². The first-order chi connectivity index (χ1) is 7.27. The van der Waals surface area contributed by atoms with E-state index in [1.54, 1.807) is 13.2 Å². The second-order valence-electron chi connectivity index (χ2n) is 3.08. The van der Waals surface area contributed by atoms with Crippen LogP contribution < -0.4 is 5.32 Å². The van der Waals surface area contributed by atoms with Crippen LogP contribution in [-0.4, -0.2) is 26.2 Å². The molecule has 0 bridgehead atoms. The van der Waals surface area contributed by atoms with E-state index in [-0.39, 0.29) is 5.91 Å². The van der Waals surface area contributed by atoms with Gasteiger partial charge in [0.05, 0.1) is 6.61 Å². The van der Waals surface area contributed by atoms with Gasteiger partial charge < -0.3 is 10.1 Å². The van der Waals surface area contributed by atoms with Crippen molar-refractivity contribution in [1.82, 2.24) is 5.32 Å². The van der Waals surface area contributed by atoms with Gasteiger partial charge in [-0.25, -0.2) is 0 Å². The van der Waals surface area contributed by atoms with E-state index in [4.69, 9.17) is 4.74 Å². The number of ether oxygens (including phenoxy) is 1. The molecular weight excluding hydrogens is 258 g/mol. The van der Waals surface area contributed by atoms with Gasteiger partial charge in [0.25, 0.3) is 5.91 Å². The first-order valence-electron chi connectivity index (χ1n) is 4.70. The van der Waals surface area contributed by atoms with Crippen LogP contribution in [0.15, 0.2) is 24.3 Å². The average molecular weight is 272 g/mol. The molecule has 15 heavy (non-hydrogen) atoms. The van der Waals surface area contributed by atoms with Gasteiger partial charge in [0.2, 0.25) is 0 Å². The lowest BCUT2D eigenvalue weighted by molar-refractivity contribution is 0.0937. The van der Waals surface area contributed by atoms with Crippen LogP contribution in [0.2, 0.25) is 0 Å². The largest absolute Gasteiger partial charge is 0.383 e. The number of methoxy groups -OCH3 is 1. The van der Waals surface area contributed by atoms with E-state index in [1.807, 2.05) is 18.2 Å². The van der Waals surface area contributed by atoms with Crippen molar-refractivity contribution in [2.45, 2.75) is 5.33 Å². The number of nitrogens with one attached hydrogen (secondary N) is 1. The van der Waals surface area contributed by atoms with Crippen molar-refractivity contribution in [2.24, 2.45) is 0 Å². The number of rotatable bonds is 5. The zero-order valence-electron chi connectivity index (χ0n) is 8.63. The van der Waals surface area contributed by atoms with E-state index in [0.717, 1.165) is 10.9 Å². The molecule has 3 nitrogen and oxygen atoms in total. The third kappa shape index (κ3) is 4.01. The fourth-order valence-electron chi connectivity index (χ4n) is 1.16. The van der Waals surface area contributed by atoms with Crippen LogP contribution in [-0.2, 0) is 10.1 Å². The standard InChI is InChI=1S/C11H14BrNO2/c1-15-6-5-13-11(14)10-4-2-3-9(7-10)8-12/h2-4,7H,5-6,8H2,1H3,(H,13,14). The van der Waals surface area contributed by atoms with Crippen LogP contribution >= 0.6 is 15.9 Å². The van der Waals surface area contributed by atoms with Crippen molar-refractivity contribution >= 4 is 21.8 Å². The Morgan fingerprint density at radius 1 is 1.53 bits per heavy atom. The van der Waals surface area contributed by atoms with E-state index in [1.165, 1.54) is 0 Å². The van der Waals surface area contributed by atoms with Crippen molar-refractivity contribution in [2.75, 3.05) is 20.3 Å². The highest BCUT2D eigenvalue weighted by atomic mass is 79.9. The first-order valence-corrected chi connectivity index (χ1v) is 5.82. The molecule has 0 atom stereocenters. The molecular formula is C11H14BrNO2. The van der Waals surface area contributed by atoms with Crippen LogP contribution in [0.1, 0.15) is 15.9 Å². The molecule has 1 rings (SSSR count). The van der Waals surface area contributed by atoms with Gasteiger partial charge >= 0.3 is 0 Å². The van der Waals surface area contributed by atoms with Crippen LogP contribution in [0.5, 0.6) is 0 Å². The summed E-state index contributed by atoms with van der Waals surface area (Å²) in [6.45, 7) is 1.07. The summed E-state index contributed by atoms with van der Waals surface area (Å²) in [4.78, 5) is 11.6. The number of halogens is 1. The summed E-state index contributed by atoms with van der Waals surface area (Å²) in [5, 5.41) is 3.53. The summed E-state index contributed by atoms with van der Waals surface area (Å²) < 4.78 is 4.85. The predicted molar refractivity (Wildman–Crippen MR) is 63.3 cm³/mol. The molecule has 0 saturated carbocycles. The van der Waals surface area contributed by atoms with Crippen molar-refractivity contribution < 1.29 is 9.53 Å². The zero-order chi connectivity index (χ0) is 11.1. The van der Waals surface area contributed by atoms with Crippen molar-refractivity contribution in [3.8, 4) is 0 Å². The maximum absolute atomic E-state index is 11.6. The lowest BCUT2D eigenvalue weighted by Gasteiger charge is -2.05. The Morgan fingerprint density at radius 3 is 3.00 bits per heavy atom. The molecule has 1 aromatic carbocycles. The van der Waals surface area contributed by atoms with Crippen LogP contribution in [0.3, 0.4) is 0 Å². The fraction of sp³-hybridized carbons (Fsp3) is 0.364. The highest BCUT2D eigenvalue weighted by molar-refractivity contribution is 9.08. The summed E-state index contributed by atoms with van der Waals surface area (Å²) in [6.07, 6.45) is 0. The second kappa shape index (κ2) is 6.58. The highest BCUT2D eigenvalue weighted by Gasteiger charge is 2.04. The molecule has 0 saturated heterocycles. The highest BCUT2D eigenvalue weighted by Crippen LogP contribution is 2.08. The van der Waals surface area contributed by atoms with Gasteiger partial charge in [-0.15, -0.1) is 0 Å². The number of hydrogen-bond acceptors (Lipinski definition) is 2. The molecule has 0 heterocycles. The second-order valence-corrected chi connectivity index (χ2v) is 3.64. The lowest BCUT2D eigenvalue weighted by atomic mass is 10.1. The SMILES string of the molecule is COCCNC(=O)c1cccc(CBr)c1. The van der Waals surface area contributed by atoms with E-state index < -0.39 is 0 Å². The minimum Gasteiger partial charge on any atom is -0.383 e. The monoisotopic (exact) mass is 271 g/mol. The number of hydrogen-bond donors (Lipinski definition) is 1. The van der Waals surface area contributed by atoms with Gasteiger partial charge in [0.1, 0.15) is 0 Å². The molecule has 0 aromatic heterocycles. The number of carbonyl (C=O) groups is 1. The molecule has 1 amide bonds. The maximum Gasteiger partial charge on any atom is 0.251 e. The zero-order valence-corrected chi connectivity index (χ0v) is 10.2. The van der Waals surface area contributed by atoms with Crippen molar-refractivity contribution in [3.63, 3.8) is 0 Å². The number of carbonyl (C=O) groups excluding carboxylic acids is 1. The third-order valence-electron chi connectivity index (χ3n) is 1.94. The molecule has 4 heteroatoms. The minimum absolute atomic E-state index is 0.0603. The van der Waals surface area contributed by atoms with Crippen LogP contribution in [0, 0.1) is 0 Å². The molecule has 0 fully saturated rings. The van der Waals surface area contributed by atoms with Gasteiger partial charge in [-0.05, 0) is 17.7 Å². The number of alkyl halides is 1. The molecule has 0 unspecified atom stereocenters. The Kier molecular flexibility index (Phi) is 5.36. The third-order valence-corrected chi connectivity index (χ3v) is 2.58. The minimum atomic E-state index is -0.0603. The summed E-state index contributed by atoms with van der Waals surface area (Å²) >= 11 is 3.35. The van der Waals surface area contributed by atoms with Crippen molar-refractivity contribution in [3.05, 3.63) is 35.4 Å². The Morgan fingerprint density at radius 2 is 2.33 bits per heavy atom. The van der Waals surface area contributed by atoms with Crippen LogP contribution in [0.4, 0.5) is 0 Å². The molecule has 0 radical (unpaired) electrons. The van der Waals surface area contributed by atoms with Gasteiger partial charge in [-0.1, -0.05) is 28.1 Å². The summed E-state index contributed by atoms with van der Waals surface area (Å²) in [5.74, 6) is -0.0603.